The van der Waals surface area contributed by atoms with Gasteiger partial charge in [0.25, 0.3) is 0 Å². The van der Waals surface area contributed by atoms with E-state index in [1.165, 1.54) is 103 Å². The van der Waals surface area contributed by atoms with Gasteiger partial charge >= 0.3 is 0 Å². The molecule has 11 aromatic rings. The van der Waals surface area contributed by atoms with E-state index >= 15 is 0 Å². The third-order valence-corrected chi connectivity index (χ3v) is 12.6. The van der Waals surface area contributed by atoms with Gasteiger partial charge in [-0.1, -0.05) is 145 Å². The van der Waals surface area contributed by atoms with Gasteiger partial charge in [-0.15, -0.1) is 0 Å². The van der Waals surface area contributed by atoms with Crippen LogP contribution in [0.25, 0.3) is 99.1 Å². The van der Waals surface area contributed by atoms with E-state index in [1.54, 1.807) is 0 Å². The van der Waals surface area contributed by atoms with Crippen molar-refractivity contribution in [2.24, 2.45) is 0 Å². The highest BCUT2D eigenvalue weighted by molar-refractivity contribution is 7.99. The second-order valence-electron chi connectivity index (χ2n) is 14.5. The smallest absolute Gasteiger partial charge is 0.0558 e. The molecule has 1 aliphatic rings. The molecule has 0 unspecified atom stereocenters. The molecule has 0 amide bonds. The van der Waals surface area contributed by atoms with Crippen LogP contribution in [0.15, 0.2) is 204 Å². The predicted octanol–water partition coefficient (Wildman–Crippen LogP) is 14.5. The van der Waals surface area contributed by atoms with Crippen molar-refractivity contribution >= 4 is 66.1 Å². The highest BCUT2D eigenvalue weighted by atomic mass is 32.2. The summed E-state index contributed by atoms with van der Waals surface area (Å²) in [5.41, 5.74) is 14.7. The zero-order valence-corrected chi connectivity index (χ0v) is 30.6. The number of aromatic nitrogens is 2. The topological polar surface area (TPSA) is 9.86 Å². The van der Waals surface area contributed by atoms with Gasteiger partial charge in [0.1, 0.15) is 0 Å². The molecule has 0 N–H and O–H groups in total. The molecule has 3 heteroatoms. The molecule has 0 aliphatic carbocycles. The van der Waals surface area contributed by atoms with E-state index in [9.17, 15) is 0 Å². The number of nitrogens with zero attached hydrogens (tertiary/aromatic N) is 2. The first-order chi connectivity index (χ1) is 27.3. The molecule has 256 valence electrons. The molecule has 0 radical (unpaired) electrons. The molecule has 2 nitrogen and oxygen atoms in total. The average Bonchev–Trinajstić information content (AvgIpc) is 3.76. The van der Waals surface area contributed by atoms with Crippen molar-refractivity contribution in [3.05, 3.63) is 194 Å². The minimum Gasteiger partial charge on any atom is -0.309 e. The van der Waals surface area contributed by atoms with Crippen molar-refractivity contribution in [3.8, 4) is 44.8 Å². The van der Waals surface area contributed by atoms with E-state index in [0.29, 0.717) is 0 Å². The molecule has 0 saturated carbocycles. The Kier molecular flexibility index (Phi) is 6.60. The van der Waals surface area contributed by atoms with Crippen LogP contribution in [0.5, 0.6) is 0 Å². The summed E-state index contributed by atoms with van der Waals surface area (Å²) in [5.74, 6) is 0. The molecule has 55 heavy (non-hydrogen) atoms. The summed E-state index contributed by atoms with van der Waals surface area (Å²) in [4.78, 5) is 2.63. The molecular weight excluding hydrogens is 685 g/mol. The van der Waals surface area contributed by atoms with Crippen LogP contribution in [0.2, 0.25) is 0 Å². The maximum absolute atomic E-state index is 2.45. The van der Waals surface area contributed by atoms with Crippen LogP contribution in [0.4, 0.5) is 0 Å². The van der Waals surface area contributed by atoms with E-state index in [4.69, 9.17) is 0 Å². The van der Waals surface area contributed by atoms with Gasteiger partial charge in [0.05, 0.1) is 22.1 Å². The van der Waals surface area contributed by atoms with Crippen LogP contribution < -0.4 is 0 Å². The lowest BCUT2D eigenvalue weighted by Gasteiger charge is -2.21. The third-order valence-electron chi connectivity index (χ3n) is 11.5. The fourth-order valence-corrected chi connectivity index (χ4v) is 10.2. The van der Waals surface area contributed by atoms with Crippen molar-refractivity contribution in [1.29, 1.82) is 0 Å². The van der Waals surface area contributed by atoms with Crippen LogP contribution in [0, 0.1) is 0 Å². The minimum absolute atomic E-state index is 1.15. The second kappa shape index (κ2) is 11.8. The van der Waals surface area contributed by atoms with Gasteiger partial charge in [0.2, 0.25) is 0 Å². The van der Waals surface area contributed by atoms with Crippen molar-refractivity contribution in [3.63, 3.8) is 0 Å². The Morgan fingerprint density at radius 1 is 0.291 bits per heavy atom. The minimum atomic E-state index is 1.15. The largest absolute Gasteiger partial charge is 0.309 e. The summed E-state index contributed by atoms with van der Waals surface area (Å²) in [6.07, 6.45) is 0. The van der Waals surface area contributed by atoms with E-state index in [1.807, 2.05) is 11.8 Å². The Morgan fingerprint density at radius 3 is 1.76 bits per heavy atom. The van der Waals surface area contributed by atoms with E-state index in [-0.39, 0.29) is 0 Å². The number of benzene rings is 9. The van der Waals surface area contributed by atoms with E-state index < -0.39 is 0 Å². The van der Waals surface area contributed by atoms with Crippen LogP contribution in [-0.2, 0) is 0 Å². The lowest BCUT2D eigenvalue weighted by Crippen LogP contribution is -1.96. The zero-order valence-electron chi connectivity index (χ0n) is 29.8. The highest BCUT2D eigenvalue weighted by Crippen LogP contribution is 2.51. The predicted molar refractivity (Wildman–Crippen MR) is 233 cm³/mol. The second-order valence-corrected chi connectivity index (χ2v) is 15.6. The van der Waals surface area contributed by atoms with Gasteiger partial charge in [-0.25, -0.2) is 0 Å². The van der Waals surface area contributed by atoms with Gasteiger partial charge in [-0.2, -0.15) is 0 Å². The van der Waals surface area contributed by atoms with Crippen LogP contribution in [0.1, 0.15) is 0 Å². The van der Waals surface area contributed by atoms with E-state index in [0.717, 1.165) is 5.69 Å². The SMILES string of the molecule is c1ccc(-c2ccc3c4ccccc4n(-c4ccc(-c5ccc6c(c5)c5c7cccc8c7c(cc5n6-c5ccccc5)Sc5ccccc5-8)cc4)c3c2)cc1. The summed E-state index contributed by atoms with van der Waals surface area (Å²) in [7, 11) is 0. The lowest BCUT2D eigenvalue weighted by molar-refractivity contribution is 1.18. The maximum atomic E-state index is 2.45. The molecule has 9 aromatic carbocycles. The van der Waals surface area contributed by atoms with Gasteiger partial charge in [0, 0.05) is 48.1 Å². The van der Waals surface area contributed by atoms with Crippen molar-refractivity contribution < 1.29 is 0 Å². The van der Waals surface area contributed by atoms with Crippen molar-refractivity contribution in [1.82, 2.24) is 9.13 Å². The van der Waals surface area contributed by atoms with Gasteiger partial charge in [0.15, 0.2) is 0 Å². The first-order valence-corrected chi connectivity index (χ1v) is 19.7. The highest BCUT2D eigenvalue weighted by Gasteiger charge is 2.24. The average molecular weight is 717 g/mol. The fourth-order valence-electron chi connectivity index (χ4n) is 9.05. The monoisotopic (exact) mass is 716 g/mol. The lowest BCUT2D eigenvalue weighted by atomic mass is 9.94. The third kappa shape index (κ3) is 4.57. The molecule has 0 saturated heterocycles. The maximum Gasteiger partial charge on any atom is 0.0558 e. The number of hydrogen-bond donors (Lipinski definition) is 0. The Balaban J connectivity index is 1.05. The Hall–Kier alpha value is -6.81. The fraction of sp³-hybridized carbons (Fsp3) is 0. The van der Waals surface area contributed by atoms with E-state index in [2.05, 4.69) is 203 Å². The number of hydrogen-bond acceptors (Lipinski definition) is 1. The molecule has 0 atom stereocenters. The Labute approximate surface area is 322 Å². The van der Waals surface area contributed by atoms with Gasteiger partial charge in [-0.05, 0) is 99.4 Å². The molecule has 12 rings (SSSR count). The van der Waals surface area contributed by atoms with Gasteiger partial charge < -0.3 is 9.13 Å². The molecule has 0 spiro atoms. The summed E-state index contributed by atoms with van der Waals surface area (Å²) in [5, 5.41) is 7.75. The number of fused-ring (bicyclic) bond motifs is 9. The summed E-state index contributed by atoms with van der Waals surface area (Å²) in [6.45, 7) is 0. The Bertz CT molecular complexity index is 3320. The first kappa shape index (κ1) is 30.6. The van der Waals surface area contributed by atoms with Gasteiger partial charge in [-0.3, -0.25) is 0 Å². The summed E-state index contributed by atoms with van der Waals surface area (Å²) < 4.78 is 4.87. The summed E-state index contributed by atoms with van der Waals surface area (Å²) >= 11 is 1.89. The van der Waals surface area contributed by atoms with Crippen LogP contribution in [0.3, 0.4) is 0 Å². The molecular formula is C52H32N2S. The zero-order chi connectivity index (χ0) is 36.0. The Morgan fingerprint density at radius 2 is 0.891 bits per heavy atom. The number of rotatable bonds is 4. The standard InChI is InChI=1S/C52H32N2S/c1-3-12-33(13-4-1)36-24-28-40-39-16-7-9-20-45(39)53(47(40)31-36)38-26-22-34(23-27-38)35-25-29-46-44(30-35)51-43-19-11-18-42-41-17-8-10-21-49(41)55-50(52(42)43)32-48(51)54(46)37-14-5-2-6-15-37/h1-32H. The molecule has 2 aromatic heterocycles. The van der Waals surface area contributed by atoms with Crippen molar-refractivity contribution in [2.45, 2.75) is 9.79 Å². The molecule has 3 heterocycles. The molecule has 1 aliphatic heterocycles. The van der Waals surface area contributed by atoms with Crippen molar-refractivity contribution in [2.75, 3.05) is 0 Å². The van der Waals surface area contributed by atoms with Crippen LogP contribution >= 0.6 is 11.8 Å². The molecule has 0 bridgehead atoms. The van der Waals surface area contributed by atoms with Crippen LogP contribution in [-0.4, -0.2) is 9.13 Å². The molecule has 0 fully saturated rings. The first-order valence-electron chi connectivity index (χ1n) is 18.8. The quantitative estimate of drug-likeness (QED) is 0.176. The summed E-state index contributed by atoms with van der Waals surface area (Å²) in [6, 6.07) is 71.3. The normalized spacial score (nSPS) is 12.3. The number of para-hydroxylation sites is 2.